The van der Waals surface area contributed by atoms with E-state index in [0.29, 0.717) is 5.75 Å². The molecule has 2 rings (SSSR count). The van der Waals surface area contributed by atoms with Crippen molar-refractivity contribution in [2.24, 2.45) is 0 Å². The number of hydrogen-bond acceptors (Lipinski definition) is 2. The smallest absolute Gasteiger partial charge is 0.142 e. The van der Waals surface area contributed by atoms with Crippen LogP contribution in [-0.4, -0.2) is 6.54 Å². The minimum Gasteiger partial charge on any atom is -0.457 e. The summed E-state index contributed by atoms with van der Waals surface area (Å²) in [5.74, 6) is 0.842. The van der Waals surface area contributed by atoms with Crippen LogP contribution in [0.1, 0.15) is 24.5 Å². The number of nitrogens with one attached hydrogen (secondary N) is 1. The lowest BCUT2D eigenvalue weighted by Crippen LogP contribution is -2.13. The molecule has 0 bridgehead atoms. The summed E-state index contributed by atoms with van der Waals surface area (Å²) in [4.78, 5) is 0. The Kier molecular flexibility index (Phi) is 5.59. The Labute approximate surface area is 129 Å². The summed E-state index contributed by atoms with van der Waals surface area (Å²) in [6, 6.07) is 10.4. The van der Waals surface area contributed by atoms with Crippen LogP contribution in [0.25, 0.3) is 0 Å². The van der Waals surface area contributed by atoms with Crippen molar-refractivity contribution < 1.29 is 9.13 Å². The molecular weight excluding hydrogens is 289 g/mol. The first-order valence-corrected chi connectivity index (χ1v) is 7.41. The van der Waals surface area contributed by atoms with Crippen molar-refractivity contribution in [2.75, 3.05) is 6.54 Å². The molecule has 0 saturated carbocycles. The predicted molar refractivity (Wildman–Crippen MR) is 84.7 cm³/mol. The van der Waals surface area contributed by atoms with Crippen molar-refractivity contribution in [3.8, 4) is 11.5 Å². The molecule has 0 heterocycles. The average Bonchev–Trinajstić information content (AvgIpc) is 2.46. The summed E-state index contributed by atoms with van der Waals surface area (Å²) in [7, 11) is 0. The van der Waals surface area contributed by atoms with Crippen molar-refractivity contribution in [3.05, 3.63) is 58.4 Å². The highest BCUT2D eigenvalue weighted by molar-refractivity contribution is 6.30. The van der Waals surface area contributed by atoms with E-state index >= 15 is 0 Å². The second-order valence-electron chi connectivity index (χ2n) is 4.95. The third kappa shape index (κ3) is 4.45. The molecule has 21 heavy (non-hydrogen) atoms. The van der Waals surface area contributed by atoms with E-state index in [-0.39, 0.29) is 5.02 Å². The molecule has 4 heteroatoms. The Hall–Kier alpha value is -1.58. The van der Waals surface area contributed by atoms with E-state index in [2.05, 4.69) is 18.3 Å². The van der Waals surface area contributed by atoms with E-state index < -0.39 is 5.82 Å². The largest absolute Gasteiger partial charge is 0.457 e. The zero-order valence-electron chi connectivity index (χ0n) is 12.2. The van der Waals surface area contributed by atoms with Crippen molar-refractivity contribution in [2.45, 2.75) is 26.8 Å². The van der Waals surface area contributed by atoms with E-state index in [4.69, 9.17) is 16.3 Å². The number of halogens is 2. The fourth-order valence-corrected chi connectivity index (χ4v) is 2.11. The van der Waals surface area contributed by atoms with E-state index in [1.807, 2.05) is 19.1 Å². The molecule has 0 amide bonds. The number of benzene rings is 2. The molecule has 0 aliphatic heterocycles. The van der Waals surface area contributed by atoms with Crippen LogP contribution in [0.2, 0.25) is 5.02 Å². The first kappa shape index (κ1) is 15.8. The van der Waals surface area contributed by atoms with Gasteiger partial charge in [-0.2, -0.15) is 0 Å². The van der Waals surface area contributed by atoms with Gasteiger partial charge in [0.25, 0.3) is 0 Å². The molecule has 2 nitrogen and oxygen atoms in total. The molecule has 0 aromatic heterocycles. The molecule has 0 unspecified atom stereocenters. The summed E-state index contributed by atoms with van der Waals surface area (Å²) in [6.45, 7) is 5.89. The van der Waals surface area contributed by atoms with Crippen LogP contribution in [0.15, 0.2) is 36.4 Å². The van der Waals surface area contributed by atoms with Gasteiger partial charge in [0.05, 0.1) is 5.02 Å². The van der Waals surface area contributed by atoms with Crippen LogP contribution in [0, 0.1) is 12.7 Å². The van der Waals surface area contributed by atoms with Crippen molar-refractivity contribution >= 4 is 11.6 Å². The summed E-state index contributed by atoms with van der Waals surface area (Å²) in [5.41, 5.74) is 2.17. The van der Waals surface area contributed by atoms with Gasteiger partial charge in [0.1, 0.15) is 17.3 Å². The first-order chi connectivity index (χ1) is 10.1. The summed E-state index contributed by atoms with van der Waals surface area (Å²) >= 11 is 5.77. The minimum atomic E-state index is -0.446. The molecule has 2 aromatic rings. The van der Waals surface area contributed by atoms with Gasteiger partial charge in [-0.15, -0.1) is 0 Å². The lowest BCUT2D eigenvalue weighted by molar-refractivity contribution is 0.476. The first-order valence-electron chi connectivity index (χ1n) is 7.03. The fraction of sp³-hybridized carbons (Fsp3) is 0.294. The van der Waals surface area contributed by atoms with Gasteiger partial charge in [0, 0.05) is 12.6 Å². The zero-order chi connectivity index (χ0) is 15.2. The molecule has 2 aromatic carbocycles. The maximum Gasteiger partial charge on any atom is 0.142 e. The minimum absolute atomic E-state index is 0.0610. The van der Waals surface area contributed by atoms with Gasteiger partial charge in [-0.05, 0) is 49.2 Å². The van der Waals surface area contributed by atoms with E-state index in [1.165, 1.54) is 12.1 Å². The molecule has 1 N–H and O–H groups in total. The lowest BCUT2D eigenvalue weighted by atomic mass is 10.1. The molecule has 112 valence electrons. The lowest BCUT2D eigenvalue weighted by Gasteiger charge is -2.11. The Balaban J connectivity index is 2.14. The SMILES string of the molecule is CCCNCc1ccc(C)c(Oc2ccc(F)c(Cl)c2)c1. The predicted octanol–water partition coefficient (Wildman–Crippen LogP) is 5.08. The normalized spacial score (nSPS) is 10.7. The van der Waals surface area contributed by atoms with Crippen molar-refractivity contribution in [1.82, 2.24) is 5.32 Å². The quantitative estimate of drug-likeness (QED) is 0.751. The highest BCUT2D eigenvalue weighted by Gasteiger charge is 2.06. The molecule has 0 atom stereocenters. The standard InChI is InChI=1S/C17H19ClFNO/c1-3-8-20-11-13-5-4-12(2)17(9-13)21-14-6-7-16(19)15(18)10-14/h4-7,9-10,20H,3,8,11H2,1-2H3. The summed E-state index contributed by atoms with van der Waals surface area (Å²) in [6.07, 6.45) is 1.10. The molecule has 0 fully saturated rings. The van der Waals surface area contributed by atoms with E-state index in [1.54, 1.807) is 6.07 Å². The number of rotatable bonds is 6. The fourth-order valence-electron chi connectivity index (χ4n) is 1.94. The Morgan fingerprint density at radius 2 is 2.00 bits per heavy atom. The zero-order valence-corrected chi connectivity index (χ0v) is 13.0. The van der Waals surface area contributed by atoms with Crippen LogP contribution in [0.4, 0.5) is 4.39 Å². The average molecular weight is 308 g/mol. The molecule has 0 saturated heterocycles. The topological polar surface area (TPSA) is 21.3 Å². The van der Waals surface area contributed by atoms with Gasteiger partial charge in [-0.3, -0.25) is 0 Å². The molecular formula is C17H19ClFNO. The third-order valence-electron chi connectivity index (χ3n) is 3.13. The molecule has 0 aliphatic rings. The van der Waals surface area contributed by atoms with Gasteiger partial charge in [-0.25, -0.2) is 4.39 Å². The van der Waals surface area contributed by atoms with Crippen LogP contribution < -0.4 is 10.1 Å². The Morgan fingerprint density at radius 3 is 2.71 bits per heavy atom. The van der Waals surface area contributed by atoms with Crippen LogP contribution in [0.3, 0.4) is 0 Å². The summed E-state index contributed by atoms with van der Waals surface area (Å²) in [5, 5.41) is 3.41. The van der Waals surface area contributed by atoms with E-state index in [9.17, 15) is 4.39 Å². The second-order valence-corrected chi connectivity index (χ2v) is 5.36. The molecule has 0 spiro atoms. The van der Waals surface area contributed by atoms with Crippen molar-refractivity contribution in [3.63, 3.8) is 0 Å². The number of aryl methyl sites for hydroxylation is 1. The van der Waals surface area contributed by atoms with Gasteiger partial charge < -0.3 is 10.1 Å². The number of hydrogen-bond donors (Lipinski definition) is 1. The van der Waals surface area contributed by atoms with Crippen LogP contribution in [-0.2, 0) is 6.54 Å². The monoisotopic (exact) mass is 307 g/mol. The van der Waals surface area contributed by atoms with E-state index in [0.717, 1.165) is 36.4 Å². The van der Waals surface area contributed by atoms with Crippen molar-refractivity contribution in [1.29, 1.82) is 0 Å². The maximum atomic E-state index is 13.2. The second kappa shape index (κ2) is 7.43. The Bertz CT molecular complexity index is 616. The molecule has 0 radical (unpaired) electrons. The highest BCUT2D eigenvalue weighted by atomic mass is 35.5. The van der Waals surface area contributed by atoms with Gasteiger partial charge in [0.15, 0.2) is 0 Å². The summed E-state index contributed by atoms with van der Waals surface area (Å²) < 4.78 is 19.0. The Morgan fingerprint density at radius 1 is 1.19 bits per heavy atom. The van der Waals surface area contributed by atoms with Gasteiger partial charge in [0.2, 0.25) is 0 Å². The maximum absolute atomic E-state index is 13.2. The highest BCUT2D eigenvalue weighted by Crippen LogP contribution is 2.29. The number of ether oxygens (including phenoxy) is 1. The van der Waals surface area contributed by atoms with Crippen LogP contribution >= 0.6 is 11.6 Å². The van der Waals surface area contributed by atoms with Crippen LogP contribution in [0.5, 0.6) is 11.5 Å². The van der Waals surface area contributed by atoms with Gasteiger partial charge in [-0.1, -0.05) is 30.7 Å². The third-order valence-corrected chi connectivity index (χ3v) is 3.42. The van der Waals surface area contributed by atoms with Gasteiger partial charge >= 0.3 is 0 Å². The molecule has 0 aliphatic carbocycles.